The molecule has 0 bridgehead atoms. The van der Waals surface area contributed by atoms with E-state index in [0.717, 1.165) is 21.5 Å². The molecule has 1 atom stereocenters. The number of primary amides is 1. The molecule has 7 heteroatoms. The van der Waals surface area contributed by atoms with E-state index in [4.69, 9.17) is 5.73 Å². The summed E-state index contributed by atoms with van der Waals surface area (Å²) in [7, 11) is -3.62. The molecule has 2 amide bonds. The summed E-state index contributed by atoms with van der Waals surface area (Å²) in [6.07, 6.45) is -0.124. The van der Waals surface area contributed by atoms with Gasteiger partial charge in [-0.25, -0.2) is 8.42 Å². The van der Waals surface area contributed by atoms with E-state index in [2.05, 4.69) is 5.32 Å². The van der Waals surface area contributed by atoms with Crippen LogP contribution in [0.15, 0.2) is 89.8 Å². The zero-order valence-corrected chi connectivity index (χ0v) is 18.0. The van der Waals surface area contributed by atoms with Crippen LogP contribution in [0.1, 0.15) is 16.8 Å². The highest BCUT2D eigenvalue weighted by Crippen LogP contribution is 2.28. The number of carbonyl (C=O) groups is 2. The lowest BCUT2D eigenvalue weighted by Crippen LogP contribution is -2.45. The summed E-state index contributed by atoms with van der Waals surface area (Å²) in [5.74, 6) is -1.58. The summed E-state index contributed by atoms with van der Waals surface area (Å²) in [5, 5.41) is 5.92. The van der Waals surface area contributed by atoms with Crippen molar-refractivity contribution in [2.24, 2.45) is 5.73 Å². The van der Waals surface area contributed by atoms with Crippen molar-refractivity contribution in [2.75, 3.05) is 5.75 Å². The average Bonchev–Trinajstić information content (AvgIpc) is 2.80. The number of benzene rings is 4. The normalized spacial score (nSPS) is 12.5. The molecular formula is C25H22N2O4S. The number of rotatable bonds is 7. The van der Waals surface area contributed by atoms with Crippen LogP contribution in [0.4, 0.5) is 0 Å². The summed E-state index contributed by atoms with van der Waals surface area (Å²) < 4.78 is 25.2. The maximum Gasteiger partial charge on any atom is 0.253 e. The lowest BCUT2D eigenvalue weighted by Gasteiger charge is -2.18. The fraction of sp³-hybridized carbons (Fsp3) is 0.120. The van der Waals surface area contributed by atoms with E-state index >= 15 is 0 Å². The van der Waals surface area contributed by atoms with E-state index in [1.54, 1.807) is 18.2 Å². The van der Waals surface area contributed by atoms with E-state index in [0.29, 0.717) is 5.56 Å². The van der Waals surface area contributed by atoms with E-state index in [9.17, 15) is 18.0 Å². The maximum absolute atomic E-state index is 13.3. The molecule has 0 saturated heterocycles. The molecule has 4 aromatic carbocycles. The van der Waals surface area contributed by atoms with Crippen LogP contribution in [0.2, 0.25) is 0 Å². The lowest BCUT2D eigenvalue weighted by atomic mass is 9.96. The fourth-order valence-corrected chi connectivity index (χ4v) is 5.15. The smallest absolute Gasteiger partial charge is 0.253 e. The molecule has 0 aliphatic heterocycles. The molecule has 0 heterocycles. The Morgan fingerprint density at radius 2 is 1.34 bits per heavy atom. The topological polar surface area (TPSA) is 106 Å². The number of amides is 2. The Morgan fingerprint density at radius 3 is 1.91 bits per heavy atom. The molecule has 0 spiro atoms. The second kappa shape index (κ2) is 8.80. The van der Waals surface area contributed by atoms with Crippen LogP contribution in [0.5, 0.6) is 0 Å². The van der Waals surface area contributed by atoms with Gasteiger partial charge in [-0.05, 0) is 46.2 Å². The first-order valence-electron chi connectivity index (χ1n) is 10.2. The number of fused-ring (bicyclic) bond motifs is 2. The zero-order chi connectivity index (χ0) is 22.7. The van der Waals surface area contributed by atoms with Crippen LogP contribution in [-0.4, -0.2) is 32.0 Å². The first kappa shape index (κ1) is 21.5. The van der Waals surface area contributed by atoms with Crippen LogP contribution >= 0.6 is 0 Å². The van der Waals surface area contributed by atoms with Crippen molar-refractivity contribution in [2.45, 2.75) is 17.4 Å². The molecule has 4 rings (SSSR count). The first-order chi connectivity index (χ1) is 15.4. The largest absolute Gasteiger partial charge is 0.368 e. The van der Waals surface area contributed by atoms with Crippen LogP contribution < -0.4 is 11.1 Å². The van der Waals surface area contributed by atoms with Gasteiger partial charge in [-0.3, -0.25) is 9.59 Å². The van der Waals surface area contributed by atoms with Crippen molar-refractivity contribution in [1.29, 1.82) is 0 Å². The highest BCUT2D eigenvalue weighted by atomic mass is 32.2. The molecule has 4 aromatic rings. The number of nitrogens with two attached hydrogens (primary N) is 1. The van der Waals surface area contributed by atoms with Gasteiger partial charge in [-0.1, -0.05) is 66.7 Å². The van der Waals surface area contributed by atoms with Crippen molar-refractivity contribution in [3.05, 3.63) is 90.5 Å². The molecule has 0 unspecified atom stereocenters. The van der Waals surface area contributed by atoms with E-state index in [1.165, 1.54) is 12.1 Å². The molecule has 0 aliphatic rings. The molecule has 0 aromatic heterocycles. The molecule has 0 radical (unpaired) electrons. The van der Waals surface area contributed by atoms with Crippen LogP contribution in [0, 0.1) is 0 Å². The van der Waals surface area contributed by atoms with Crippen molar-refractivity contribution >= 4 is 43.2 Å². The highest BCUT2D eigenvalue weighted by molar-refractivity contribution is 7.91. The highest BCUT2D eigenvalue weighted by Gasteiger charge is 2.25. The third kappa shape index (κ3) is 4.33. The monoisotopic (exact) mass is 446 g/mol. The van der Waals surface area contributed by atoms with Gasteiger partial charge in [0.15, 0.2) is 9.84 Å². The first-order valence-corrected chi connectivity index (χ1v) is 11.8. The summed E-state index contributed by atoms with van der Waals surface area (Å²) in [4.78, 5) is 25.5. The van der Waals surface area contributed by atoms with Gasteiger partial charge in [0.1, 0.15) is 6.04 Å². The van der Waals surface area contributed by atoms with E-state index in [-0.39, 0.29) is 17.1 Å². The summed E-state index contributed by atoms with van der Waals surface area (Å²) in [5.41, 5.74) is 5.93. The van der Waals surface area contributed by atoms with Gasteiger partial charge in [0.25, 0.3) is 5.91 Å². The van der Waals surface area contributed by atoms with Crippen molar-refractivity contribution in [3.63, 3.8) is 0 Å². The second-order valence-electron chi connectivity index (χ2n) is 7.54. The molecule has 3 N–H and O–H groups in total. The molecule has 0 aliphatic carbocycles. The third-order valence-electron chi connectivity index (χ3n) is 5.42. The van der Waals surface area contributed by atoms with Crippen molar-refractivity contribution in [3.8, 4) is 0 Å². The van der Waals surface area contributed by atoms with Crippen LogP contribution in [0.25, 0.3) is 21.5 Å². The molecule has 0 fully saturated rings. The third-order valence-corrected chi connectivity index (χ3v) is 7.19. The predicted molar refractivity (Wildman–Crippen MR) is 125 cm³/mol. The van der Waals surface area contributed by atoms with Gasteiger partial charge in [0.2, 0.25) is 5.91 Å². The average molecular weight is 447 g/mol. The summed E-state index contributed by atoms with van der Waals surface area (Å²) in [6, 6.07) is 23.8. The molecule has 32 heavy (non-hydrogen) atoms. The number of hydrogen-bond donors (Lipinski definition) is 2. The zero-order valence-electron chi connectivity index (χ0n) is 17.2. The Bertz CT molecular complexity index is 1360. The Hall–Kier alpha value is -3.71. The SMILES string of the molecule is NC(=O)[C@@H](CCS(=O)(=O)c1ccccc1)NC(=O)c1c2ccccc2cc2ccccc12. The molecule has 0 saturated carbocycles. The van der Waals surface area contributed by atoms with Gasteiger partial charge in [0, 0.05) is 0 Å². The lowest BCUT2D eigenvalue weighted by molar-refractivity contribution is -0.119. The predicted octanol–water partition coefficient (Wildman–Crippen LogP) is 3.44. The van der Waals surface area contributed by atoms with E-state index in [1.807, 2.05) is 54.6 Å². The van der Waals surface area contributed by atoms with Crippen LogP contribution in [-0.2, 0) is 14.6 Å². The maximum atomic E-state index is 13.3. The minimum absolute atomic E-state index is 0.124. The van der Waals surface area contributed by atoms with Gasteiger partial charge >= 0.3 is 0 Å². The number of sulfone groups is 1. The minimum atomic E-state index is -3.62. The van der Waals surface area contributed by atoms with Gasteiger partial charge < -0.3 is 11.1 Å². The van der Waals surface area contributed by atoms with Gasteiger partial charge in [-0.2, -0.15) is 0 Å². The van der Waals surface area contributed by atoms with Crippen molar-refractivity contribution in [1.82, 2.24) is 5.32 Å². The molecule has 6 nitrogen and oxygen atoms in total. The standard InChI is InChI=1S/C25H22N2O4S/c26-24(28)22(14-15-32(30,31)19-10-2-1-3-11-19)27-25(29)23-20-12-6-4-8-17(20)16-18-9-5-7-13-21(18)23/h1-13,16,22H,14-15H2,(H2,26,28)(H,27,29)/t22-/m1/s1. The van der Waals surface area contributed by atoms with Crippen LogP contribution in [0.3, 0.4) is 0 Å². The fourth-order valence-electron chi connectivity index (χ4n) is 3.79. The number of hydrogen-bond acceptors (Lipinski definition) is 4. The van der Waals surface area contributed by atoms with Gasteiger partial charge in [0.05, 0.1) is 16.2 Å². The number of carbonyl (C=O) groups excluding carboxylic acids is 2. The number of nitrogens with one attached hydrogen (secondary N) is 1. The van der Waals surface area contributed by atoms with Gasteiger partial charge in [-0.15, -0.1) is 0 Å². The summed E-state index contributed by atoms with van der Waals surface area (Å²) in [6.45, 7) is 0. The van der Waals surface area contributed by atoms with E-state index < -0.39 is 27.7 Å². The summed E-state index contributed by atoms with van der Waals surface area (Å²) >= 11 is 0. The Morgan fingerprint density at radius 1 is 0.812 bits per heavy atom. The molecule has 162 valence electrons. The minimum Gasteiger partial charge on any atom is -0.368 e. The molecular weight excluding hydrogens is 424 g/mol. The Balaban J connectivity index is 1.64. The Labute approximate surface area is 186 Å². The Kier molecular flexibility index (Phi) is 5.92. The second-order valence-corrected chi connectivity index (χ2v) is 9.65. The van der Waals surface area contributed by atoms with Crippen molar-refractivity contribution < 1.29 is 18.0 Å². The quantitative estimate of drug-likeness (QED) is 0.424.